The Balaban J connectivity index is 1.38. The van der Waals surface area contributed by atoms with Crippen LogP contribution in [-0.2, 0) is 21.1 Å². The molecule has 1 saturated carbocycles. The fourth-order valence-electron chi connectivity index (χ4n) is 4.22. The first kappa shape index (κ1) is 20.4. The van der Waals surface area contributed by atoms with Gasteiger partial charge >= 0.3 is 0 Å². The summed E-state index contributed by atoms with van der Waals surface area (Å²) in [5.41, 5.74) is 1.08. The van der Waals surface area contributed by atoms with Crippen molar-refractivity contribution in [3.63, 3.8) is 0 Å². The van der Waals surface area contributed by atoms with E-state index in [1.165, 1.54) is 11.8 Å². The number of rotatable bonds is 7. The van der Waals surface area contributed by atoms with Crippen molar-refractivity contribution in [1.29, 1.82) is 0 Å². The molecule has 9 heteroatoms. The first-order valence-corrected chi connectivity index (χ1v) is 12.8. The van der Waals surface area contributed by atoms with E-state index in [4.69, 9.17) is 4.42 Å². The van der Waals surface area contributed by atoms with E-state index in [0.29, 0.717) is 24.0 Å². The highest BCUT2D eigenvalue weighted by molar-refractivity contribution is 7.99. The number of amides is 1. The van der Waals surface area contributed by atoms with Gasteiger partial charge in [0.25, 0.3) is 5.22 Å². The van der Waals surface area contributed by atoms with Gasteiger partial charge in [-0.15, -0.1) is 10.2 Å². The molecule has 1 aromatic heterocycles. The maximum absolute atomic E-state index is 13.0. The van der Waals surface area contributed by atoms with Gasteiger partial charge in [-0.2, -0.15) is 0 Å². The summed E-state index contributed by atoms with van der Waals surface area (Å²) in [6.07, 6.45) is 5.18. The fraction of sp³-hybridized carbons (Fsp3) is 0.550. The van der Waals surface area contributed by atoms with Crippen molar-refractivity contribution in [3.8, 4) is 0 Å². The summed E-state index contributed by atoms with van der Waals surface area (Å²) < 4.78 is 29.6. The maximum Gasteiger partial charge on any atom is 0.277 e. The Bertz CT molecular complexity index is 940. The number of benzene rings is 1. The smallest absolute Gasteiger partial charge is 0.277 e. The van der Waals surface area contributed by atoms with Gasteiger partial charge < -0.3 is 9.32 Å². The van der Waals surface area contributed by atoms with Gasteiger partial charge in [-0.25, -0.2) is 8.42 Å². The highest BCUT2D eigenvalue weighted by Crippen LogP contribution is 2.30. The molecule has 7 nitrogen and oxygen atoms in total. The van der Waals surface area contributed by atoms with E-state index in [2.05, 4.69) is 10.2 Å². The number of hydrogen-bond acceptors (Lipinski definition) is 7. The Morgan fingerprint density at radius 1 is 1.10 bits per heavy atom. The van der Waals surface area contributed by atoms with Crippen molar-refractivity contribution < 1.29 is 17.6 Å². The van der Waals surface area contributed by atoms with Crippen molar-refractivity contribution in [1.82, 2.24) is 15.1 Å². The second-order valence-corrected chi connectivity index (χ2v) is 10.9. The lowest BCUT2D eigenvalue weighted by Crippen LogP contribution is -2.47. The van der Waals surface area contributed by atoms with Crippen LogP contribution in [0.15, 0.2) is 40.0 Å². The molecule has 156 valence electrons. The first-order valence-electron chi connectivity index (χ1n) is 10.0. The van der Waals surface area contributed by atoms with Gasteiger partial charge in [-0.3, -0.25) is 4.79 Å². The van der Waals surface area contributed by atoms with Gasteiger partial charge in [0.05, 0.1) is 23.7 Å². The minimum absolute atomic E-state index is 0.0354. The molecule has 2 aromatic rings. The van der Waals surface area contributed by atoms with Crippen LogP contribution >= 0.6 is 11.8 Å². The molecular weight excluding hydrogens is 410 g/mol. The van der Waals surface area contributed by atoms with E-state index in [1.54, 1.807) is 0 Å². The van der Waals surface area contributed by atoms with E-state index < -0.39 is 9.84 Å². The van der Waals surface area contributed by atoms with Crippen LogP contribution in [-0.4, -0.2) is 58.8 Å². The summed E-state index contributed by atoms with van der Waals surface area (Å²) in [4.78, 5) is 14.9. The van der Waals surface area contributed by atoms with E-state index in [0.717, 1.165) is 31.2 Å². The predicted molar refractivity (Wildman–Crippen MR) is 110 cm³/mol. The second kappa shape index (κ2) is 8.87. The second-order valence-electron chi connectivity index (χ2n) is 7.71. The first-order chi connectivity index (χ1) is 14.0. The lowest BCUT2D eigenvalue weighted by atomic mass is 10.1. The highest BCUT2D eigenvalue weighted by Gasteiger charge is 2.38. The third-order valence-corrected chi connectivity index (χ3v) is 8.13. The van der Waals surface area contributed by atoms with Crippen LogP contribution in [0, 0.1) is 0 Å². The van der Waals surface area contributed by atoms with Crippen LogP contribution in [0.3, 0.4) is 0 Å². The zero-order valence-corrected chi connectivity index (χ0v) is 17.8. The Labute approximate surface area is 175 Å². The molecule has 0 N–H and O–H groups in total. The largest absolute Gasteiger partial charge is 0.416 e. The van der Waals surface area contributed by atoms with Gasteiger partial charge in [0.1, 0.15) is 0 Å². The van der Waals surface area contributed by atoms with Gasteiger partial charge in [0.2, 0.25) is 11.8 Å². The van der Waals surface area contributed by atoms with E-state index in [1.807, 2.05) is 35.2 Å². The van der Waals surface area contributed by atoms with Crippen molar-refractivity contribution >= 4 is 27.5 Å². The lowest BCUT2D eigenvalue weighted by molar-refractivity contribution is -0.132. The summed E-state index contributed by atoms with van der Waals surface area (Å²) in [6.45, 7) is 0. The van der Waals surface area contributed by atoms with Gasteiger partial charge in [0.15, 0.2) is 9.84 Å². The molecule has 2 aliphatic rings. The minimum atomic E-state index is -3.04. The van der Waals surface area contributed by atoms with Crippen molar-refractivity contribution in [3.05, 3.63) is 41.8 Å². The number of carbonyl (C=O) groups is 1. The quantitative estimate of drug-likeness (QED) is 0.617. The van der Waals surface area contributed by atoms with Gasteiger partial charge in [0, 0.05) is 12.1 Å². The van der Waals surface area contributed by atoms with Crippen LogP contribution in [0.25, 0.3) is 0 Å². The minimum Gasteiger partial charge on any atom is -0.416 e. The number of nitrogens with zero attached hydrogens (tertiary/aromatic N) is 3. The predicted octanol–water partition coefficient (Wildman–Crippen LogP) is 2.71. The standard InChI is InChI=1S/C20H25N3O4S2/c24-19(23(16-8-4-5-9-16)17-10-11-29(25,26)14-17)13-28-20-22-21-18(27-20)12-15-6-2-1-3-7-15/h1-3,6-7,16-17H,4-5,8-14H2. The zero-order chi connectivity index (χ0) is 20.3. The topological polar surface area (TPSA) is 93.4 Å². The van der Waals surface area contributed by atoms with E-state index >= 15 is 0 Å². The molecule has 1 saturated heterocycles. The summed E-state index contributed by atoms with van der Waals surface area (Å²) in [6, 6.07) is 9.81. The Hall–Kier alpha value is -1.87. The molecule has 1 unspecified atom stereocenters. The monoisotopic (exact) mass is 435 g/mol. The molecular formula is C20H25N3O4S2. The number of sulfone groups is 1. The molecule has 1 aromatic carbocycles. The Kier molecular flexibility index (Phi) is 6.24. The van der Waals surface area contributed by atoms with Gasteiger partial charge in [-0.05, 0) is 24.8 Å². The molecule has 29 heavy (non-hydrogen) atoms. The molecule has 1 atom stereocenters. The maximum atomic E-state index is 13.0. The lowest BCUT2D eigenvalue weighted by Gasteiger charge is -2.34. The highest BCUT2D eigenvalue weighted by atomic mass is 32.2. The molecule has 1 amide bonds. The van der Waals surface area contributed by atoms with Crippen LogP contribution in [0.4, 0.5) is 0 Å². The Morgan fingerprint density at radius 2 is 1.86 bits per heavy atom. The third-order valence-electron chi connectivity index (χ3n) is 5.57. The molecule has 1 aliphatic heterocycles. The number of aromatic nitrogens is 2. The van der Waals surface area contributed by atoms with Crippen molar-refractivity contribution in [2.45, 2.75) is 55.8 Å². The SMILES string of the molecule is O=C(CSc1nnc(Cc2ccccc2)o1)N(C1CCCC1)C1CCS(=O)(=O)C1. The van der Waals surface area contributed by atoms with E-state index in [9.17, 15) is 13.2 Å². The van der Waals surface area contributed by atoms with E-state index in [-0.39, 0.29) is 35.2 Å². The summed E-state index contributed by atoms with van der Waals surface area (Å²) in [5, 5.41) is 8.48. The average molecular weight is 436 g/mol. The molecule has 2 fully saturated rings. The number of thioether (sulfide) groups is 1. The molecule has 2 heterocycles. The van der Waals surface area contributed by atoms with Crippen molar-refractivity contribution in [2.24, 2.45) is 0 Å². The fourth-order valence-corrected chi connectivity index (χ4v) is 6.58. The van der Waals surface area contributed by atoms with Crippen molar-refractivity contribution in [2.75, 3.05) is 17.3 Å². The molecule has 0 radical (unpaired) electrons. The summed E-state index contributed by atoms with van der Waals surface area (Å²) in [5.74, 6) is 0.919. The van der Waals surface area contributed by atoms with Crippen LogP contribution in [0.2, 0.25) is 0 Å². The molecule has 1 aliphatic carbocycles. The molecule has 4 rings (SSSR count). The van der Waals surface area contributed by atoms with Crippen LogP contribution in [0.1, 0.15) is 43.6 Å². The third kappa shape index (κ3) is 5.19. The normalized spacial score (nSPS) is 21.4. The Morgan fingerprint density at radius 3 is 2.55 bits per heavy atom. The average Bonchev–Trinajstić information content (AvgIpc) is 3.44. The molecule has 0 spiro atoms. The summed E-state index contributed by atoms with van der Waals surface area (Å²) in [7, 11) is -3.04. The molecule has 0 bridgehead atoms. The van der Waals surface area contributed by atoms with Crippen LogP contribution < -0.4 is 0 Å². The number of carbonyl (C=O) groups excluding carboxylic acids is 1. The van der Waals surface area contributed by atoms with Crippen LogP contribution in [0.5, 0.6) is 0 Å². The van der Waals surface area contributed by atoms with Gasteiger partial charge in [-0.1, -0.05) is 54.9 Å². The summed E-state index contributed by atoms with van der Waals surface area (Å²) >= 11 is 1.22. The number of hydrogen-bond donors (Lipinski definition) is 0. The zero-order valence-electron chi connectivity index (χ0n) is 16.2.